The lowest BCUT2D eigenvalue weighted by Gasteiger charge is -2.08. The summed E-state index contributed by atoms with van der Waals surface area (Å²) in [7, 11) is 0. The van der Waals surface area contributed by atoms with Crippen LogP contribution in [0, 0.1) is 0 Å². The Kier molecular flexibility index (Phi) is 37.2. The van der Waals surface area contributed by atoms with E-state index in [-0.39, 0.29) is 19.2 Å². The standard InChI is InChI=1S/C51H90O4/c1-44(2)30-26-34-48(6)38-28-36-46(4)32-24-25-33-47(5)37-29-40-49(7)39-27-35-45(3)31-22-20-18-16-14-12-10-8-9-11-13-15-17-19-21-23-41-51(54)55-43-50(53)42-52/h30,32-33,35,38,40,50,52-53H,8-29,31,34,36-37,39,41-43H2,1-7H3. The number of allylic oxidation sites excluding steroid dienone is 12. The number of carbonyl (C=O) groups is 1. The Bertz CT molecular complexity index is 1110. The molecular weight excluding hydrogens is 677 g/mol. The highest BCUT2D eigenvalue weighted by Gasteiger charge is 2.07. The minimum Gasteiger partial charge on any atom is -0.463 e. The molecule has 0 aromatic rings. The first kappa shape index (κ1) is 52.8. The summed E-state index contributed by atoms with van der Waals surface area (Å²) >= 11 is 0. The zero-order valence-corrected chi connectivity index (χ0v) is 37.5. The van der Waals surface area contributed by atoms with E-state index in [0.29, 0.717) is 6.42 Å². The number of hydrogen-bond acceptors (Lipinski definition) is 4. The van der Waals surface area contributed by atoms with E-state index in [2.05, 4.69) is 84.9 Å². The summed E-state index contributed by atoms with van der Waals surface area (Å²) in [5.41, 5.74) is 9.12. The average molecular weight is 767 g/mol. The van der Waals surface area contributed by atoms with Crippen molar-refractivity contribution in [1.29, 1.82) is 0 Å². The number of carbonyl (C=O) groups excluding carboxylic acids is 1. The molecule has 318 valence electrons. The normalized spacial score (nSPS) is 13.7. The third-order valence-corrected chi connectivity index (χ3v) is 10.7. The number of aliphatic hydroxyl groups excluding tert-OH is 2. The van der Waals surface area contributed by atoms with E-state index in [1.54, 1.807) is 5.57 Å². The van der Waals surface area contributed by atoms with Crippen LogP contribution in [-0.4, -0.2) is 35.5 Å². The van der Waals surface area contributed by atoms with E-state index < -0.39 is 6.10 Å². The van der Waals surface area contributed by atoms with Crippen molar-refractivity contribution >= 4 is 5.97 Å². The number of rotatable bonds is 37. The summed E-state index contributed by atoms with van der Waals surface area (Å²) in [6, 6.07) is 0. The van der Waals surface area contributed by atoms with Crippen molar-refractivity contribution in [3.63, 3.8) is 0 Å². The molecule has 0 aliphatic heterocycles. The molecular formula is C51H90O4. The summed E-state index contributed by atoms with van der Waals surface area (Å²) in [5.74, 6) is -0.277. The largest absolute Gasteiger partial charge is 0.463 e. The Balaban J connectivity index is 3.70. The predicted octanol–water partition coefficient (Wildman–Crippen LogP) is 15.5. The van der Waals surface area contributed by atoms with Crippen LogP contribution in [0.2, 0.25) is 0 Å². The second-order valence-corrected chi connectivity index (χ2v) is 16.9. The summed E-state index contributed by atoms with van der Waals surface area (Å²) in [6.07, 6.45) is 47.8. The molecule has 0 amide bonds. The van der Waals surface area contributed by atoms with Crippen LogP contribution in [-0.2, 0) is 9.53 Å². The molecule has 0 fully saturated rings. The maximum Gasteiger partial charge on any atom is 0.305 e. The molecule has 55 heavy (non-hydrogen) atoms. The fourth-order valence-electron chi connectivity index (χ4n) is 6.86. The van der Waals surface area contributed by atoms with Crippen LogP contribution in [0.4, 0.5) is 0 Å². The van der Waals surface area contributed by atoms with Crippen LogP contribution in [0.25, 0.3) is 0 Å². The Labute approximate surface area is 342 Å². The molecule has 0 bridgehead atoms. The topological polar surface area (TPSA) is 66.8 Å². The van der Waals surface area contributed by atoms with Gasteiger partial charge in [0.1, 0.15) is 12.7 Å². The van der Waals surface area contributed by atoms with E-state index in [1.165, 1.54) is 176 Å². The van der Waals surface area contributed by atoms with Crippen LogP contribution in [0.5, 0.6) is 0 Å². The van der Waals surface area contributed by atoms with Gasteiger partial charge in [0.05, 0.1) is 6.61 Å². The molecule has 0 aliphatic rings. The molecule has 1 unspecified atom stereocenters. The van der Waals surface area contributed by atoms with E-state index in [0.717, 1.165) is 25.7 Å². The van der Waals surface area contributed by atoms with Crippen molar-refractivity contribution in [2.24, 2.45) is 0 Å². The van der Waals surface area contributed by atoms with Gasteiger partial charge in [-0.15, -0.1) is 0 Å². The maximum atomic E-state index is 11.6. The molecule has 1 atom stereocenters. The molecule has 0 aromatic heterocycles. The molecule has 0 saturated heterocycles. The minimum atomic E-state index is -0.965. The SMILES string of the molecule is CC(C)=CCCC(C)=CCCC(C)=CCCC=C(C)CCC=C(C)CCC=C(C)CCCCCCCCCCCCCCCCCCC(=O)OCC(O)CO. The molecule has 0 saturated carbocycles. The van der Waals surface area contributed by atoms with Crippen molar-refractivity contribution < 1.29 is 19.7 Å². The highest BCUT2D eigenvalue weighted by molar-refractivity contribution is 5.69. The maximum absolute atomic E-state index is 11.6. The third kappa shape index (κ3) is 39.8. The van der Waals surface area contributed by atoms with Crippen molar-refractivity contribution in [2.75, 3.05) is 13.2 Å². The quantitative estimate of drug-likeness (QED) is 0.0375. The summed E-state index contributed by atoms with van der Waals surface area (Å²) < 4.78 is 4.93. The van der Waals surface area contributed by atoms with Crippen molar-refractivity contribution in [1.82, 2.24) is 0 Å². The van der Waals surface area contributed by atoms with Gasteiger partial charge in [-0.05, 0) is 132 Å². The van der Waals surface area contributed by atoms with Crippen molar-refractivity contribution in [3.8, 4) is 0 Å². The first-order valence-corrected chi connectivity index (χ1v) is 22.9. The molecule has 2 N–H and O–H groups in total. The molecule has 4 heteroatoms. The summed E-state index contributed by atoms with van der Waals surface area (Å²) in [5, 5.41) is 17.9. The van der Waals surface area contributed by atoms with Crippen LogP contribution < -0.4 is 0 Å². The Morgan fingerprint density at radius 2 is 0.709 bits per heavy atom. The Hall–Kier alpha value is -2.17. The lowest BCUT2D eigenvalue weighted by atomic mass is 10.0. The van der Waals surface area contributed by atoms with Crippen LogP contribution in [0.1, 0.15) is 228 Å². The number of esters is 1. The highest BCUT2D eigenvalue weighted by Crippen LogP contribution is 2.18. The summed E-state index contributed by atoms with van der Waals surface area (Å²) in [6.45, 7) is 15.4. The predicted molar refractivity (Wildman–Crippen MR) is 242 cm³/mol. The van der Waals surface area contributed by atoms with Crippen LogP contribution in [0.3, 0.4) is 0 Å². The summed E-state index contributed by atoms with van der Waals surface area (Å²) in [4.78, 5) is 11.6. The molecule has 0 radical (unpaired) electrons. The Morgan fingerprint density at radius 1 is 0.418 bits per heavy atom. The second kappa shape index (κ2) is 38.7. The molecule has 4 nitrogen and oxygen atoms in total. The van der Waals surface area contributed by atoms with E-state index in [4.69, 9.17) is 9.84 Å². The van der Waals surface area contributed by atoms with Crippen LogP contribution in [0.15, 0.2) is 69.9 Å². The van der Waals surface area contributed by atoms with Gasteiger partial charge in [0.15, 0.2) is 0 Å². The third-order valence-electron chi connectivity index (χ3n) is 10.7. The fraction of sp³-hybridized carbons (Fsp3) is 0.745. The van der Waals surface area contributed by atoms with Gasteiger partial charge in [0, 0.05) is 6.42 Å². The van der Waals surface area contributed by atoms with Gasteiger partial charge in [0.25, 0.3) is 0 Å². The zero-order chi connectivity index (χ0) is 40.8. The van der Waals surface area contributed by atoms with E-state index >= 15 is 0 Å². The van der Waals surface area contributed by atoms with Crippen LogP contribution >= 0.6 is 0 Å². The number of ether oxygens (including phenoxy) is 1. The van der Waals surface area contributed by atoms with Gasteiger partial charge in [-0.2, -0.15) is 0 Å². The smallest absolute Gasteiger partial charge is 0.305 e. The lowest BCUT2D eigenvalue weighted by molar-refractivity contribution is -0.147. The van der Waals surface area contributed by atoms with Gasteiger partial charge in [-0.3, -0.25) is 4.79 Å². The number of unbranched alkanes of at least 4 members (excludes halogenated alkanes) is 16. The molecule has 0 aliphatic carbocycles. The van der Waals surface area contributed by atoms with Gasteiger partial charge in [-0.25, -0.2) is 0 Å². The number of aliphatic hydroxyl groups is 2. The molecule has 0 spiro atoms. The second-order valence-electron chi connectivity index (χ2n) is 16.9. The first-order chi connectivity index (χ1) is 26.5. The highest BCUT2D eigenvalue weighted by atomic mass is 16.5. The van der Waals surface area contributed by atoms with Gasteiger partial charge < -0.3 is 14.9 Å². The van der Waals surface area contributed by atoms with Crippen molar-refractivity contribution in [2.45, 2.75) is 234 Å². The number of hydrogen-bond donors (Lipinski definition) is 2. The van der Waals surface area contributed by atoms with E-state index in [9.17, 15) is 9.90 Å². The monoisotopic (exact) mass is 767 g/mol. The molecule has 0 heterocycles. The average Bonchev–Trinajstić information content (AvgIpc) is 3.14. The Morgan fingerprint density at radius 3 is 1.05 bits per heavy atom. The molecule has 0 aromatic carbocycles. The van der Waals surface area contributed by atoms with Crippen molar-refractivity contribution in [3.05, 3.63) is 69.9 Å². The van der Waals surface area contributed by atoms with E-state index in [1.807, 2.05) is 0 Å². The zero-order valence-electron chi connectivity index (χ0n) is 37.5. The minimum absolute atomic E-state index is 0.110. The first-order valence-electron chi connectivity index (χ1n) is 22.9. The van der Waals surface area contributed by atoms with Gasteiger partial charge >= 0.3 is 5.97 Å². The molecule has 0 rings (SSSR count). The lowest BCUT2D eigenvalue weighted by Crippen LogP contribution is -2.21. The van der Waals surface area contributed by atoms with Gasteiger partial charge in [-0.1, -0.05) is 160 Å². The van der Waals surface area contributed by atoms with Gasteiger partial charge in [0.2, 0.25) is 0 Å². The fourth-order valence-corrected chi connectivity index (χ4v) is 6.86.